The number of hydrogen-bond acceptors (Lipinski definition) is 2. The van der Waals surface area contributed by atoms with E-state index in [0.717, 1.165) is 0 Å². The molecule has 0 rings (SSSR count). The third kappa shape index (κ3) is 3.16. The van der Waals surface area contributed by atoms with Gasteiger partial charge < -0.3 is 5.41 Å². The zero-order valence-corrected chi connectivity index (χ0v) is 4.19. The predicted octanol–water partition coefficient (Wildman–Crippen LogP) is 0.649. The van der Waals surface area contributed by atoms with Gasteiger partial charge in [-0.1, -0.05) is 6.92 Å². The van der Waals surface area contributed by atoms with Crippen molar-refractivity contribution in [3.05, 3.63) is 0 Å². The SMILES string of the molecule is CC([C]=N)C[C]=O. The van der Waals surface area contributed by atoms with Crippen LogP contribution in [0.3, 0.4) is 0 Å². The van der Waals surface area contributed by atoms with E-state index in [9.17, 15) is 4.79 Å². The van der Waals surface area contributed by atoms with Crippen LogP contribution in [0.2, 0.25) is 0 Å². The Kier molecular flexibility index (Phi) is 3.19. The molecule has 0 spiro atoms. The van der Waals surface area contributed by atoms with Crippen LogP contribution in [0.25, 0.3) is 0 Å². The van der Waals surface area contributed by atoms with Crippen molar-refractivity contribution < 1.29 is 4.79 Å². The molecule has 0 aliphatic carbocycles. The van der Waals surface area contributed by atoms with E-state index >= 15 is 0 Å². The monoisotopic (exact) mass is 97.1 g/mol. The van der Waals surface area contributed by atoms with E-state index in [1.165, 1.54) is 0 Å². The number of carbonyl (C=O) groups excluding carboxylic acids is 1. The second-order valence-electron chi connectivity index (χ2n) is 1.39. The maximum atomic E-state index is 9.53. The van der Waals surface area contributed by atoms with Gasteiger partial charge in [0.25, 0.3) is 0 Å². The lowest BCUT2D eigenvalue weighted by Crippen LogP contribution is -1.93. The van der Waals surface area contributed by atoms with Gasteiger partial charge in [-0.25, -0.2) is 0 Å². The number of nitrogens with one attached hydrogen (secondary N) is 1. The molecule has 0 aromatic carbocycles. The summed E-state index contributed by atoms with van der Waals surface area (Å²) < 4.78 is 0. The largest absolute Gasteiger partial charge is 0.303 e. The van der Waals surface area contributed by atoms with Crippen molar-refractivity contribution in [2.45, 2.75) is 13.3 Å². The highest BCUT2D eigenvalue weighted by Gasteiger charge is 1.93. The van der Waals surface area contributed by atoms with Crippen LogP contribution in [0, 0.1) is 11.3 Å². The fourth-order valence-electron chi connectivity index (χ4n) is 0.176. The summed E-state index contributed by atoms with van der Waals surface area (Å²) >= 11 is 0. The summed E-state index contributed by atoms with van der Waals surface area (Å²) in [4.78, 5) is 9.53. The Morgan fingerprint density at radius 3 is 2.57 bits per heavy atom. The quantitative estimate of drug-likeness (QED) is 0.516. The van der Waals surface area contributed by atoms with Gasteiger partial charge in [0.2, 0.25) is 0 Å². The van der Waals surface area contributed by atoms with E-state index in [2.05, 4.69) is 6.21 Å². The van der Waals surface area contributed by atoms with Crippen molar-refractivity contribution >= 4 is 12.5 Å². The van der Waals surface area contributed by atoms with Gasteiger partial charge >= 0.3 is 0 Å². The van der Waals surface area contributed by atoms with Crippen molar-refractivity contribution in [2.75, 3.05) is 0 Å². The molecule has 0 saturated heterocycles. The van der Waals surface area contributed by atoms with E-state index < -0.39 is 0 Å². The molecule has 0 aliphatic rings. The standard InChI is InChI=1S/C5H7NO/c1-5(4-6)2-3-7/h5-6H,2H2,1H3. The van der Waals surface area contributed by atoms with Crippen LogP contribution < -0.4 is 0 Å². The molecule has 1 N–H and O–H groups in total. The third-order valence-corrected chi connectivity index (χ3v) is 0.636. The molecule has 1 unspecified atom stereocenters. The first-order valence-corrected chi connectivity index (χ1v) is 2.08. The Hall–Kier alpha value is -0.660. The van der Waals surface area contributed by atoms with Crippen molar-refractivity contribution in [1.29, 1.82) is 5.41 Å². The molecule has 2 radical (unpaired) electrons. The summed E-state index contributed by atoms with van der Waals surface area (Å²) in [5.74, 6) is -0.0579. The normalized spacial score (nSPS) is 12.7. The number of rotatable bonds is 3. The molecule has 0 heterocycles. The van der Waals surface area contributed by atoms with Crippen LogP contribution in [0.4, 0.5) is 0 Å². The van der Waals surface area contributed by atoms with Crippen LogP contribution in [-0.4, -0.2) is 12.5 Å². The minimum atomic E-state index is -0.0579. The Labute approximate surface area is 43.0 Å². The molecule has 2 heteroatoms. The fraction of sp³-hybridized carbons (Fsp3) is 0.600. The average molecular weight is 97.1 g/mol. The van der Waals surface area contributed by atoms with Gasteiger partial charge in [0.1, 0.15) is 0 Å². The van der Waals surface area contributed by atoms with Crippen LogP contribution >= 0.6 is 0 Å². The average Bonchev–Trinajstić information content (AvgIpc) is 1.68. The molecular formula is C5H7NO. The van der Waals surface area contributed by atoms with Gasteiger partial charge in [0.05, 0.1) is 6.21 Å². The molecule has 38 valence electrons. The molecule has 0 aromatic heterocycles. The summed E-state index contributed by atoms with van der Waals surface area (Å²) in [6.45, 7) is 1.75. The minimum Gasteiger partial charge on any atom is -0.303 e. The predicted molar refractivity (Wildman–Crippen MR) is 27.2 cm³/mol. The van der Waals surface area contributed by atoms with Gasteiger partial charge in [0.15, 0.2) is 6.29 Å². The van der Waals surface area contributed by atoms with Crippen LogP contribution in [0.15, 0.2) is 0 Å². The van der Waals surface area contributed by atoms with Gasteiger partial charge in [-0.05, 0) is 0 Å². The minimum absolute atomic E-state index is 0.0579. The van der Waals surface area contributed by atoms with Gasteiger partial charge in [-0.15, -0.1) is 0 Å². The Balaban J connectivity index is 3.15. The lowest BCUT2D eigenvalue weighted by Gasteiger charge is -1.89. The van der Waals surface area contributed by atoms with E-state index in [4.69, 9.17) is 5.41 Å². The third-order valence-electron chi connectivity index (χ3n) is 0.636. The molecule has 7 heavy (non-hydrogen) atoms. The van der Waals surface area contributed by atoms with Gasteiger partial charge in [0, 0.05) is 12.3 Å². The summed E-state index contributed by atoms with van der Waals surface area (Å²) in [5.41, 5.74) is 0. The molecule has 0 bridgehead atoms. The molecule has 2 nitrogen and oxygen atoms in total. The van der Waals surface area contributed by atoms with Crippen molar-refractivity contribution in [2.24, 2.45) is 5.92 Å². The van der Waals surface area contributed by atoms with E-state index in [1.807, 2.05) is 0 Å². The molecule has 0 aromatic rings. The highest BCUT2D eigenvalue weighted by molar-refractivity contribution is 5.63. The maximum Gasteiger partial charge on any atom is 0.199 e. The zero-order valence-electron chi connectivity index (χ0n) is 4.19. The van der Waals surface area contributed by atoms with E-state index in [-0.39, 0.29) is 5.92 Å². The van der Waals surface area contributed by atoms with Crippen LogP contribution in [-0.2, 0) is 4.79 Å². The summed E-state index contributed by atoms with van der Waals surface area (Å²) in [7, 11) is 0. The molecule has 1 atom stereocenters. The first-order chi connectivity index (χ1) is 3.31. The molecule has 0 amide bonds. The lowest BCUT2D eigenvalue weighted by atomic mass is 10.1. The van der Waals surface area contributed by atoms with E-state index in [1.54, 1.807) is 13.2 Å². The van der Waals surface area contributed by atoms with Gasteiger partial charge in [-0.3, -0.25) is 4.79 Å². The zero-order chi connectivity index (χ0) is 5.70. The molecule has 0 saturated carbocycles. The maximum absolute atomic E-state index is 9.53. The number of hydrogen-bond donors (Lipinski definition) is 1. The van der Waals surface area contributed by atoms with E-state index in [0.29, 0.717) is 6.42 Å². The molecular weight excluding hydrogens is 90.1 g/mol. The topological polar surface area (TPSA) is 40.9 Å². The summed E-state index contributed by atoms with van der Waals surface area (Å²) in [5, 5.41) is 6.48. The second-order valence-corrected chi connectivity index (χ2v) is 1.39. The second kappa shape index (κ2) is 3.53. The molecule has 0 fully saturated rings. The smallest absolute Gasteiger partial charge is 0.199 e. The van der Waals surface area contributed by atoms with Crippen molar-refractivity contribution in [3.8, 4) is 0 Å². The Morgan fingerprint density at radius 2 is 2.43 bits per heavy atom. The molecule has 0 aliphatic heterocycles. The van der Waals surface area contributed by atoms with Crippen LogP contribution in [0.5, 0.6) is 0 Å². The lowest BCUT2D eigenvalue weighted by molar-refractivity contribution is 0.545. The Bertz CT molecular complexity index is 70.5. The summed E-state index contributed by atoms with van der Waals surface area (Å²) in [6.07, 6.45) is 4.13. The van der Waals surface area contributed by atoms with Crippen LogP contribution in [0.1, 0.15) is 13.3 Å². The highest BCUT2D eigenvalue weighted by Crippen LogP contribution is 1.90. The highest BCUT2D eigenvalue weighted by atomic mass is 16.1. The summed E-state index contributed by atoms with van der Waals surface area (Å²) in [6, 6.07) is 0. The first kappa shape index (κ1) is 6.34. The van der Waals surface area contributed by atoms with Gasteiger partial charge in [-0.2, -0.15) is 0 Å². The van der Waals surface area contributed by atoms with Crippen molar-refractivity contribution in [1.82, 2.24) is 0 Å². The Morgan fingerprint density at radius 1 is 1.86 bits per heavy atom. The van der Waals surface area contributed by atoms with Crippen molar-refractivity contribution in [3.63, 3.8) is 0 Å². The first-order valence-electron chi connectivity index (χ1n) is 2.08. The fourth-order valence-corrected chi connectivity index (χ4v) is 0.176.